The van der Waals surface area contributed by atoms with Gasteiger partial charge < -0.3 is 14.5 Å². The van der Waals surface area contributed by atoms with Gasteiger partial charge in [0.15, 0.2) is 6.10 Å². The molecule has 0 unspecified atom stereocenters. The Labute approximate surface area is 174 Å². The molecule has 0 aliphatic carbocycles. The van der Waals surface area contributed by atoms with Gasteiger partial charge in [0.25, 0.3) is 11.6 Å². The Morgan fingerprint density at radius 2 is 1.73 bits per heavy atom. The van der Waals surface area contributed by atoms with Gasteiger partial charge in [-0.25, -0.2) is 0 Å². The maximum atomic E-state index is 13.1. The van der Waals surface area contributed by atoms with E-state index in [4.69, 9.17) is 4.74 Å². The van der Waals surface area contributed by atoms with Crippen LogP contribution in [0, 0.1) is 10.1 Å². The van der Waals surface area contributed by atoms with E-state index in [0.717, 1.165) is 32.4 Å². The molecule has 0 N–H and O–H groups in total. The number of anilines is 1. The van der Waals surface area contributed by atoms with Crippen molar-refractivity contribution in [1.82, 2.24) is 4.90 Å². The topological polar surface area (TPSA) is 93.0 Å². The summed E-state index contributed by atoms with van der Waals surface area (Å²) in [5, 5.41) is 10.8. The molecule has 4 rings (SSSR count). The van der Waals surface area contributed by atoms with E-state index >= 15 is 0 Å². The number of piperidine rings is 1. The molecule has 2 aromatic carbocycles. The van der Waals surface area contributed by atoms with Gasteiger partial charge in [-0.05, 0) is 37.0 Å². The third kappa shape index (κ3) is 4.12. The molecule has 8 heteroatoms. The Balaban J connectivity index is 1.53. The SMILES string of the molecule is O=C([C@@H]1CN(C(=O)Cc2ccc([N+](=O)[O-])cc2)c2ccccc2O1)N1CCCCC1. The summed E-state index contributed by atoms with van der Waals surface area (Å²) in [6, 6.07) is 13.1. The number of para-hydroxylation sites is 2. The quantitative estimate of drug-likeness (QED) is 0.572. The second-order valence-electron chi connectivity index (χ2n) is 7.56. The van der Waals surface area contributed by atoms with Crippen LogP contribution in [0.5, 0.6) is 5.75 Å². The molecule has 1 saturated heterocycles. The molecule has 0 bridgehead atoms. The van der Waals surface area contributed by atoms with Crippen molar-refractivity contribution >= 4 is 23.2 Å². The Bertz CT molecular complexity index is 954. The van der Waals surface area contributed by atoms with Crippen molar-refractivity contribution in [2.45, 2.75) is 31.8 Å². The number of non-ortho nitro benzene ring substituents is 1. The lowest BCUT2D eigenvalue weighted by atomic mass is 10.1. The maximum absolute atomic E-state index is 13.1. The molecular formula is C22H23N3O5. The van der Waals surface area contributed by atoms with Crippen molar-refractivity contribution in [1.29, 1.82) is 0 Å². The van der Waals surface area contributed by atoms with E-state index in [1.54, 1.807) is 29.2 Å². The van der Waals surface area contributed by atoms with Crippen LogP contribution in [0.3, 0.4) is 0 Å². The number of nitro groups is 1. The van der Waals surface area contributed by atoms with Crippen molar-refractivity contribution in [3.8, 4) is 5.75 Å². The highest BCUT2D eigenvalue weighted by Crippen LogP contribution is 2.34. The van der Waals surface area contributed by atoms with E-state index < -0.39 is 11.0 Å². The van der Waals surface area contributed by atoms with E-state index in [1.165, 1.54) is 12.1 Å². The van der Waals surface area contributed by atoms with Crippen molar-refractivity contribution in [2.24, 2.45) is 0 Å². The molecule has 8 nitrogen and oxygen atoms in total. The fourth-order valence-electron chi connectivity index (χ4n) is 3.92. The number of benzene rings is 2. The van der Waals surface area contributed by atoms with Crippen LogP contribution in [0.4, 0.5) is 11.4 Å². The standard InChI is InChI=1S/C22H23N3O5/c26-21(14-16-8-10-17(11-9-16)25(28)29)24-15-20(22(27)23-12-4-1-5-13-23)30-19-7-3-2-6-18(19)24/h2-3,6-11,20H,1,4-5,12-15H2/t20-/m0/s1. The first kappa shape index (κ1) is 19.9. The second kappa shape index (κ2) is 8.52. The minimum Gasteiger partial charge on any atom is -0.476 e. The maximum Gasteiger partial charge on any atom is 0.269 e. The van der Waals surface area contributed by atoms with Gasteiger partial charge in [-0.3, -0.25) is 19.7 Å². The number of likely N-dealkylation sites (tertiary alicyclic amines) is 1. The summed E-state index contributed by atoms with van der Waals surface area (Å²) in [6.45, 7) is 1.59. The lowest BCUT2D eigenvalue weighted by molar-refractivity contribution is -0.384. The van der Waals surface area contributed by atoms with Gasteiger partial charge in [0.05, 0.1) is 23.6 Å². The third-order valence-electron chi connectivity index (χ3n) is 5.52. The minimum atomic E-state index is -0.737. The molecule has 30 heavy (non-hydrogen) atoms. The van der Waals surface area contributed by atoms with Crippen LogP contribution >= 0.6 is 0 Å². The fraction of sp³-hybridized carbons (Fsp3) is 0.364. The molecule has 2 aromatic rings. The average molecular weight is 409 g/mol. The zero-order chi connectivity index (χ0) is 21.1. The molecule has 0 radical (unpaired) electrons. The van der Waals surface area contributed by atoms with E-state index in [1.807, 2.05) is 17.0 Å². The predicted octanol–water partition coefficient (Wildman–Crippen LogP) is 2.94. The van der Waals surface area contributed by atoms with E-state index in [0.29, 0.717) is 17.0 Å². The summed E-state index contributed by atoms with van der Waals surface area (Å²) >= 11 is 0. The molecular weight excluding hydrogens is 386 g/mol. The van der Waals surface area contributed by atoms with Crippen molar-refractivity contribution in [2.75, 3.05) is 24.5 Å². The molecule has 156 valence electrons. The first-order valence-corrected chi connectivity index (χ1v) is 10.1. The van der Waals surface area contributed by atoms with Crippen LogP contribution in [0.1, 0.15) is 24.8 Å². The van der Waals surface area contributed by atoms with Crippen LogP contribution in [-0.4, -0.2) is 47.4 Å². The van der Waals surface area contributed by atoms with Crippen LogP contribution in [-0.2, 0) is 16.0 Å². The van der Waals surface area contributed by atoms with Gasteiger partial charge in [0.1, 0.15) is 5.75 Å². The number of ether oxygens (including phenoxy) is 1. The lowest BCUT2D eigenvalue weighted by Gasteiger charge is -2.37. The summed E-state index contributed by atoms with van der Waals surface area (Å²) in [4.78, 5) is 39.9. The number of carbonyl (C=O) groups is 2. The molecule has 1 atom stereocenters. The number of rotatable bonds is 4. The average Bonchev–Trinajstić information content (AvgIpc) is 2.78. The zero-order valence-corrected chi connectivity index (χ0v) is 16.5. The first-order valence-electron chi connectivity index (χ1n) is 10.1. The summed E-state index contributed by atoms with van der Waals surface area (Å²) in [5.74, 6) is 0.240. The van der Waals surface area contributed by atoms with Gasteiger partial charge in [-0.1, -0.05) is 24.3 Å². The number of fused-ring (bicyclic) bond motifs is 1. The molecule has 0 saturated carbocycles. The van der Waals surface area contributed by atoms with Gasteiger partial charge in [-0.15, -0.1) is 0 Å². The number of amides is 2. The highest BCUT2D eigenvalue weighted by atomic mass is 16.6. The molecule has 2 aliphatic heterocycles. The van der Waals surface area contributed by atoms with Crippen LogP contribution in [0.2, 0.25) is 0 Å². The van der Waals surface area contributed by atoms with Gasteiger partial charge in [-0.2, -0.15) is 0 Å². The number of carbonyl (C=O) groups excluding carboxylic acids is 2. The summed E-state index contributed by atoms with van der Waals surface area (Å²) in [5.41, 5.74) is 1.29. The van der Waals surface area contributed by atoms with E-state index in [2.05, 4.69) is 0 Å². The van der Waals surface area contributed by atoms with E-state index in [9.17, 15) is 19.7 Å². The molecule has 0 aromatic heterocycles. The monoisotopic (exact) mass is 409 g/mol. The Morgan fingerprint density at radius 1 is 1.03 bits per heavy atom. The normalized spacial score (nSPS) is 18.3. The van der Waals surface area contributed by atoms with Gasteiger partial charge >= 0.3 is 0 Å². The smallest absolute Gasteiger partial charge is 0.269 e. The second-order valence-corrected chi connectivity index (χ2v) is 7.56. The van der Waals surface area contributed by atoms with Crippen molar-refractivity contribution in [3.05, 3.63) is 64.2 Å². The molecule has 2 amide bonds. The predicted molar refractivity (Wildman–Crippen MR) is 110 cm³/mol. The molecule has 1 fully saturated rings. The molecule has 2 heterocycles. The van der Waals surface area contributed by atoms with Crippen LogP contribution in [0.15, 0.2) is 48.5 Å². The Hall–Kier alpha value is -3.42. The van der Waals surface area contributed by atoms with Gasteiger partial charge in [0.2, 0.25) is 5.91 Å². The molecule has 0 spiro atoms. The Morgan fingerprint density at radius 3 is 2.43 bits per heavy atom. The number of hydrogen-bond acceptors (Lipinski definition) is 5. The third-order valence-corrected chi connectivity index (χ3v) is 5.52. The van der Waals surface area contributed by atoms with Crippen molar-refractivity contribution < 1.29 is 19.2 Å². The zero-order valence-electron chi connectivity index (χ0n) is 16.5. The van der Waals surface area contributed by atoms with Crippen LogP contribution in [0.25, 0.3) is 0 Å². The number of hydrogen-bond donors (Lipinski definition) is 0. The van der Waals surface area contributed by atoms with Crippen molar-refractivity contribution in [3.63, 3.8) is 0 Å². The summed E-state index contributed by atoms with van der Waals surface area (Å²) < 4.78 is 5.96. The molecule has 2 aliphatic rings. The van der Waals surface area contributed by atoms with E-state index in [-0.39, 0.29) is 30.5 Å². The summed E-state index contributed by atoms with van der Waals surface area (Å²) in [6.07, 6.45) is 2.43. The highest BCUT2D eigenvalue weighted by Gasteiger charge is 2.36. The van der Waals surface area contributed by atoms with Crippen LogP contribution < -0.4 is 9.64 Å². The summed E-state index contributed by atoms with van der Waals surface area (Å²) in [7, 11) is 0. The number of nitrogens with zero attached hydrogens (tertiary/aromatic N) is 3. The fourth-order valence-corrected chi connectivity index (χ4v) is 3.92. The Kier molecular flexibility index (Phi) is 5.65. The van der Waals surface area contributed by atoms with Gasteiger partial charge in [0, 0.05) is 25.2 Å². The largest absolute Gasteiger partial charge is 0.476 e. The first-order chi connectivity index (χ1) is 14.5. The number of nitro benzene ring substituents is 1. The highest BCUT2D eigenvalue weighted by molar-refractivity contribution is 5.98. The minimum absolute atomic E-state index is 0.0184. The lowest BCUT2D eigenvalue weighted by Crippen LogP contribution is -2.53.